The second-order valence-electron chi connectivity index (χ2n) is 4.98. The highest BCUT2D eigenvalue weighted by molar-refractivity contribution is 5.35. The highest BCUT2D eigenvalue weighted by Gasteiger charge is 2.02. The van der Waals surface area contributed by atoms with E-state index in [9.17, 15) is 0 Å². The first-order valence-corrected chi connectivity index (χ1v) is 6.71. The molecule has 2 aromatic rings. The first kappa shape index (κ1) is 13.5. The molecule has 0 aliphatic rings. The van der Waals surface area contributed by atoms with Gasteiger partial charge in [-0.05, 0) is 25.3 Å². The van der Waals surface area contributed by atoms with Gasteiger partial charge in [-0.2, -0.15) is 5.10 Å². The molecule has 19 heavy (non-hydrogen) atoms. The molecule has 0 aromatic carbocycles. The molecule has 5 heteroatoms. The Morgan fingerprint density at radius 1 is 1.32 bits per heavy atom. The summed E-state index contributed by atoms with van der Waals surface area (Å²) in [4.78, 5) is 8.48. The maximum absolute atomic E-state index is 4.36. The molecule has 2 rings (SSSR count). The van der Waals surface area contributed by atoms with Crippen LogP contribution in [0.1, 0.15) is 37.6 Å². The fourth-order valence-electron chi connectivity index (χ4n) is 1.83. The van der Waals surface area contributed by atoms with Gasteiger partial charge in [-0.25, -0.2) is 9.97 Å². The van der Waals surface area contributed by atoms with Gasteiger partial charge in [-0.1, -0.05) is 13.8 Å². The van der Waals surface area contributed by atoms with E-state index in [1.165, 1.54) is 0 Å². The molecule has 0 radical (unpaired) electrons. The van der Waals surface area contributed by atoms with Gasteiger partial charge in [0.05, 0.1) is 5.69 Å². The van der Waals surface area contributed by atoms with Crippen molar-refractivity contribution in [3.8, 4) is 0 Å². The SMILES string of the molecule is Cc1ccn(CCCNc2cc(C(C)C)ncn2)n1. The van der Waals surface area contributed by atoms with Crippen LogP contribution >= 0.6 is 0 Å². The number of nitrogens with zero attached hydrogens (tertiary/aromatic N) is 4. The predicted molar refractivity (Wildman–Crippen MR) is 76.2 cm³/mol. The maximum atomic E-state index is 4.36. The summed E-state index contributed by atoms with van der Waals surface area (Å²) in [6, 6.07) is 4.04. The zero-order valence-corrected chi connectivity index (χ0v) is 11.8. The van der Waals surface area contributed by atoms with Crippen molar-refractivity contribution in [3.05, 3.63) is 36.0 Å². The third kappa shape index (κ3) is 4.05. The lowest BCUT2D eigenvalue weighted by Crippen LogP contribution is -2.09. The molecule has 5 nitrogen and oxygen atoms in total. The standard InChI is InChI=1S/C14H21N5/c1-11(2)13-9-14(17-10-16-13)15-6-4-7-19-8-5-12(3)18-19/h5,8-11H,4,6-7H2,1-3H3,(H,15,16,17). The Labute approximate surface area is 114 Å². The first-order valence-electron chi connectivity index (χ1n) is 6.71. The molecule has 0 atom stereocenters. The van der Waals surface area contributed by atoms with Crippen LogP contribution < -0.4 is 5.32 Å². The van der Waals surface area contributed by atoms with Crippen molar-refractivity contribution < 1.29 is 0 Å². The van der Waals surface area contributed by atoms with Gasteiger partial charge in [0.2, 0.25) is 0 Å². The predicted octanol–water partition coefficient (Wildman–Crippen LogP) is 2.61. The van der Waals surface area contributed by atoms with Crippen molar-refractivity contribution in [1.82, 2.24) is 19.7 Å². The molecule has 0 saturated carbocycles. The van der Waals surface area contributed by atoms with E-state index in [4.69, 9.17) is 0 Å². The smallest absolute Gasteiger partial charge is 0.129 e. The van der Waals surface area contributed by atoms with E-state index in [0.717, 1.165) is 36.7 Å². The fourth-order valence-corrected chi connectivity index (χ4v) is 1.83. The maximum Gasteiger partial charge on any atom is 0.129 e. The van der Waals surface area contributed by atoms with E-state index >= 15 is 0 Å². The Morgan fingerprint density at radius 2 is 2.16 bits per heavy atom. The van der Waals surface area contributed by atoms with Crippen molar-refractivity contribution in [2.45, 2.75) is 39.7 Å². The van der Waals surface area contributed by atoms with Gasteiger partial charge in [-0.3, -0.25) is 4.68 Å². The lowest BCUT2D eigenvalue weighted by Gasteiger charge is -2.08. The third-order valence-electron chi connectivity index (χ3n) is 2.92. The Bertz CT molecular complexity index is 518. The van der Waals surface area contributed by atoms with Gasteiger partial charge in [0.1, 0.15) is 12.1 Å². The van der Waals surface area contributed by atoms with Gasteiger partial charge in [0.25, 0.3) is 0 Å². The van der Waals surface area contributed by atoms with Gasteiger partial charge < -0.3 is 5.32 Å². The van der Waals surface area contributed by atoms with E-state index < -0.39 is 0 Å². The van der Waals surface area contributed by atoms with Crippen molar-refractivity contribution >= 4 is 5.82 Å². The molecule has 0 amide bonds. The molecule has 0 saturated heterocycles. The Kier molecular flexibility index (Phi) is 4.49. The van der Waals surface area contributed by atoms with Gasteiger partial charge in [0, 0.05) is 31.0 Å². The summed E-state index contributed by atoms with van der Waals surface area (Å²) in [5.41, 5.74) is 2.13. The van der Waals surface area contributed by atoms with E-state index in [2.05, 4.69) is 34.2 Å². The van der Waals surface area contributed by atoms with Crippen LogP contribution in [0.3, 0.4) is 0 Å². The molecule has 0 unspecified atom stereocenters. The molecule has 0 bridgehead atoms. The minimum Gasteiger partial charge on any atom is -0.370 e. The van der Waals surface area contributed by atoms with Crippen molar-refractivity contribution in [2.75, 3.05) is 11.9 Å². The quantitative estimate of drug-likeness (QED) is 0.810. The normalized spacial score (nSPS) is 10.9. The topological polar surface area (TPSA) is 55.6 Å². The molecule has 2 heterocycles. The summed E-state index contributed by atoms with van der Waals surface area (Å²) in [5, 5.41) is 7.68. The molecular weight excluding hydrogens is 238 g/mol. The number of anilines is 1. The Morgan fingerprint density at radius 3 is 2.84 bits per heavy atom. The summed E-state index contributed by atoms with van der Waals surface area (Å²) in [7, 11) is 0. The van der Waals surface area contributed by atoms with Crippen LogP contribution in [0.15, 0.2) is 24.7 Å². The second-order valence-corrected chi connectivity index (χ2v) is 4.98. The van der Waals surface area contributed by atoms with Gasteiger partial charge in [0.15, 0.2) is 0 Å². The molecule has 0 aliphatic heterocycles. The summed E-state index contributed by atoms with van der Waals surface area (Å²) in [6.45, 7) is 8.07. The average Bonchev–Trinajstić information content (AvgIpc) is 2.81. The van der Waals surface area contributed by atoms with Crippen LogP contribution in [0.25, 0.3) is 0 Å². The molecule has 1 N–H and O–H groups in total. The monoisotopic (exact) mass is 259 g/mol. The summed E-state index contributed by atoms with van der Waals surface area (Å²) in [5.74, 6) is 1.32. The fraction of sp³-hybridized carbons (Fsp3) is 0.500. The van der Waals surface area contributed by atoms with Crippen LogP contribution in [0.5, 0.6) is 0 Å². The van der Waals surface area contributed by atoms with Crippen molar-refractivity contribution in [3.63, 3.8) is 0 Å². The molecule has 0 fully saturated rings. The highest BCUT2D eigenvalue weighted by atomic mass is 15.3. The van der Waals surface area contributed by atoms with E-state index in [1.54, 1.807) is 6.33 Å². The van der Waals surface area contributed by atoms with Crippen molar-refractivity contribution in [2.24, 2.45) is 0 Å². The zero-order chi connectivity index (χ0) is 13.7. The average molecular weight is 259 g/mol. The molecule has 2 aromatic heterocycles. The number of aromatic nitrogens is 4. The number of aryl methyl sites for hydroxylation is 2. The highest BCUT2D eigenvalue weighted by Crippen LogP contribution is 2.13. The van der Waals surface area contributed by atoms with Crippen LogP contribution in [-0.2, 0) is 6.54 Å². The molecular formula is C14H21N5. The van der Waals surface area contributed by atoms with Gasteiger partial charge >= 0.3 is 0 Å². The van der Waals surface area contributed by atoms with Crippen LogP contribution in [0.2, 0.25) is 0 Å². The van der Waals surface area contributed by atoms with Crippen LogP contribution in [0.4, 0.5) is 5.82 Å². The second kappa shape index (κ2) is 6.31. The summed E-state index contributed by atoms with van der Waals surface area (Å²) in [6.07, 6.45) is 4.65. The van der Waals surface area contributed by atoms with Crippen LogP contribution in [0, 0.1) is 6.92 Å². The summed E-state index contributed by atoms with van der Waals surface area (Å²) >= 11 is 0. The third-order valence-corrected chi connectivity index (χ3v) is 2.92. The largest absolute Gasteiger partial charge is 0.370 e. The zero-order valence-electron chi connectivity index (χ0n) is 11.8. The van der Waals surface area contributed by atoms with E-state index in [0.29, 0.717) is 5.92 Å². The van der Waals surface area contributed by atoms with Crippen molar-refractivity contribution in [1.29, 1.82) is 0 Å². The van der Waals surface area contributed by atoms with Gasteiger partial charge in [-0.15, -0.1) is 0 Å². The molecule has 102 valence electrons. The lowest BCUT2D eigenvalue weighted by molar-refractivity contribution is 0.587. The number of hydrogen-bond donors (Lipinski definition) is 1. The van der Waals surface area contributed by atoms with E-state index in [-0.39, 0.29) is 0 Å². The van der Waals surface area contributed by atoms with Crippen LogP contribution in [-0.4, -0.2) is 26.3 Å². The molecule has 0 aliphatic carbocycles. The minimum atomic E-state index is 0.426. The van der Waals surface area contributed by atoms with E-state index in [1.807, 2.05) is 29.9 Å². The first-order chi connectivity index (χ1) is 9.15. The molecule has 0 spiro atoms. The summed E-state index contributed by atoms with van der Waals surface area (Å²) < 4.78 is 1.97. The Hall–Kier alpha value is -1.91. The lowest BCUT2D eigenvalue weighted by atomic mass is 10.1. The number of hydrogen-bond acceptors (Lipinski definition) is 4. The number of rotatable bonds is 6. The Balaban J connectivity index is 1.78. The number of nitrogens with one attached hydrogen (secondary N) is 1. The minimum absolute atomic E-state index is 0.426.